The fraction of sp³-hybridized carbons (Fsp3) is 0.889. The lowest BCUT2D eigenvalue weighted by atomic mass is 10.1. The standard InChI is InChI=1S/C9H18N2O/c1-2-8-4-3-7-11(8)9(12)5-6-10/h8H,2-7,10H2,1H3/t8-/m0/s1. The maximum absolute atomic E-state index is 11.5. The third kappa shape index (κ3) is 1.97. The molecule has 0 radical (unpaired) electrons. The molecule has 0 saturated carbocycles. The molecular weight excluding hydrogens is 152 g/mol. The zero-order chi connectivity index (χ0) is 8.97. The number of likely N-dealkylation sites (tertiary alicyclic amines) is 1. The molecule has 1 aliphatic heterocycles. The van der Waals surface area contributed by atoms with Crippen LogP contribution in [0.15, 0.2) is 0 Å². The maximum Gasteiger partial charge on any atom is 0.224 e. The number of amides is 1. The molecule has 0 aromatic rings. The van der Waals surface area contributed by atoms with Crippen LogP contribution < -0.4 is 5.73 Å². The monoisotopic (exact) mass is 170 g/mol. The van der Waals surface area contributed by atoms with E-state index in [9.17, 15) is 4.79 Å². The lowest BCUT2D eigenvalue weighted by Gasteiger charge is -2.23. The fourth-order valence-corrected chi connectivity index (χ4v) is 1.86. The van der Waals surface area contributed by atoms with E-state index in [-0.39, 0.29) is 5.91 Å². The Hall–Kier alpha value is -0.570. The zero-order valence-corrected chi connectivity index (χ0v) is 7.75. The summed E-state index contributed by atoms with van der Waals surface area (Å²) >= 11 is 0. The molecule has 1 saturated heterocycles. The van der Waals surface area contributed by atoms with Gasteiger partial charge in [0.2, 0.25) is 5.91 Å². The van der Waals surface area contributed by atoms with E-state index < -0.39 is 0 Å². The summed E-state index contributed by atoms with van der Waals surface area (Å²) in [6.07, 6.45) is 3.93. The highest BCUT2D eigenvalue weighted by Gasteiger charge is 2.26. The van der Waals surface area contributed by atoms with Crippen LogP contribution in [-0.4, -0.2) is 29.9 Å². The van der Waals surface area contributed by atoms with Gasteiger partial charge in [0.05, 0.1) is 0 Å². The van der Waals surface area contributed by atoms with Crippen molar-refractivity contribution in [2.75, 3.05) is 13.1 Å². The van der Waals surface area contributed by atoms with Crippen LogP contribution in [0.4, 0.5) is 0 Å². The Labute approximate surface area is 73.9 Å². The van der Waals surface area contributed by atoms with Crippen LogP contribution in [0.3, 0.4) is 0 Å². The smallest absolute Gasteiger partial charge is 0.224 e. The van der Waals surface area contributed by atoms with Crippen molar-refractivity contribution in [2.45, 2.75) is 38.6 Å². The minimum absolute atomic E-state index is 0.238. The number of hydrogen-bond acceptors (Lipinski definition) is 2. The van der Waals surface area contributed by atoms with Crippen molar-refractivity contribution >= 4 is 5.91 Å². The van der Waals surface area contributed by atoms with Crippen molar-refractivity contribution in [3.63, 3.8) is 0 Å². The van der Waals surface area contributed by atoms with E-state index in [2.05, 4.69) is 6.92 Å². The van der Waals surface area contributed by atoms with Gasteiger partial charge in [0, 0.05) is 25.6 Å². The first-order valence-corrected chi connectivity index (χ1v) is 4.79. The summed E-state index contributed by atoms with van der Waals surface area (Å²) < 4.78 is 0. The molecule has 0 spiro atoms. The Kier molecular flexibility index (Phi) is 3.53. The normalized spacial score (nSPS) is 23.2. The highest BCUT2D eigenvalue weighted by Crippen LogP contribution is 2.20. The van der Waals surface area contributed by atoms with Crippen molar-refractivity contribution in [3.05, 3.63) is 0 Å². The second-order valence-corrected chi connectivity index (χ2v) is 3.33. The molecule has 1 amide bonds. The number of rotatable bonds is 3. The first-order chi connectivity index (χ1) is 5.79. The quantitative estimate of drug-likeness (QED) is 0.679. The number of carbonyl (C=O) groups excluding carboxylic acids is 1. The Morgan fingerprint density at radius 2 is 2.42 bits per heavy atom. The summed E-state index contributed by atoms with van der Waals surface area (Å²) in [4.78, 5) is 13.5. The van der Waals surface area contributed by atoms with Crippen LogP contribution in [0.2, 0.25) is 0 Å². The molecule has 0 aromatic heterocycles. The predicted octanol–water partition coefficient (Wildman–Crippen LogP) is 0.736. The molecule has 1 atom stereocenters. The van der Waals surface area contributed by atoms with Crippen LogP contribution in [0.25, 0.3) is 0 Å². The molecule has 1 rings (SSSR count). The minimum atomic E-state index is 0.238. The summed E-state index contributed by atoms with van der Waals surface area (Å²) in [6, 6.07) is 0.490. The SMILES string of the molecule is CC[C@H]1CCCN1C(=O)CCN. The molecule has 70 valence electrons. The first-order valence-electron chi connectivity index (χ1n) is 4.79. The molecule has 1 heterocycles. The summed E-state index contributed by atoms with van der Waals surface area (Å²) in [5, 5.41) is 0. The topological polar surface area (TPSA) is 46.3 Å². The lowest BCUT2D eigenvalue weighted by Crippen LogP contribution is -2.36. The molecule has 0 aliphatic carbocycles. The number of carbonyl (C=O) groups is 1. The third-order valence-electron chi connectivity index (χ3n) is 2.53. The Morgan fingerprint density at radius 3 is 3.00 bits per heavy atom. The number of nitrogens with zero attached hydrogens (tertiary/aromatic N) is 1. The molecule has 0 bridgehead atoms. The van der Waals surface area contributed by atoms with E-state index in [1.54, 1.807) is 0 Å². The Balaban J connectivity index is 2.43. The molecule has 3 heteroatoms. The van der Waals surface area contributed by atoms with Crippen molar-refractivity contribution in [3.8, 4) is 0 Å². The fourth-order valence-electron chi connectivity index (χ4n) is 1.86. The van der Waals surface area contributed by atoms with Gasteiger partial charge >= 0.3 is 0 Å². The Bertz CT molecular complexity index is 159. The second kappa shape index (κ2) is 4.45. The molecule has 3 nitrogen and oxygen atoms in total. The minimum Gasteiger partial charge on any atom is -0.340 e. The van der Waals surface area contributed by atoms with Crippen molar-refractivity contribution in [1.29, 1.82) is 0 Å². The van der Waals surface area contributed by atoms with E-state index in [1.165, 1.54) is 6.42 Å². The van der Waals surface area contributed by atoms with Crippen LogP contribution in [0.1, 0.15) is 32.6 Å². The van der Waals surface area contributed by atoms with E-state index in [0.29, 0.717) is 19.0 Å². The third-order valence-corrected chi connectivity index (χ3v) is 2.53. The highest BCUT2D eigenvalue weighted by molar-refractivity contribution is 5.76. The summed E-state index contributed by atoms with van der Waals surface area (Å²) in [5.41, 5.74) is 5.34. The van der Waals surface area contributed by atoms with Gasteiger partial charge in [0.15, 0.2) is 0 Å². The van der Waals surface area contributed by atoms with Gasteiger partial charge in [-0.25, -0.2) is 0 Å². The molecular formula is C9H18N2O. The van der Waals surface area contributed by atoms with Gasteiger partial charge < -0.3 is 10.6 Å². The second-order valence-electron chi connectivity index (χ2n) is 3.33. The van der Waals surface area contributed by atoms with Gasteiger partial charge in [-0.05, 0) is 19.3 Å². The van der Waals surface area contributed by atoms with Gasteiger partial charge in [-0.15, -0.1) is 0 Å². The first kappa shape index (κ1) is 9.52. The van der Waals surface area contributed by atoms with Crippen LogP contribution in [-0.2, 0) is 4.79 Å². The highest BCUT2D eigenvalue weighted by atomic mass is 16.2. The van der Waals surface area contributed by atoms with E-state index >= 15 is 0 Å². The molecule has 0 aromatic carbocycles. The molecule has 1 fully saturated rings. The van der Waals surface area contributed by atoms with Crippen molar-refractivity contribution in [2.24, 2.45) is 5.73 Å². The van der Waals surface area contributed by atoms with Crippen molar-refractivity contribution in [1.82, 2.24) is 4.90 Å². The van der Waals surface area contributed by atoms with Gasteiger partial charge in [-0.1, -0.05) is 6.92 Å². The summed E-state index contributed by atoms with van der Waals surface area (Å²) in [6.45, 7) is 3.56. The molecule has 2 N–H and O–H groups in total. The summed E-state index contributed by atoms with van der Waals surface area (Å²) in [5.74, 6) is 0.238. The molecule has 1 aliphatic rings. The molecule has 0 unspecified atom stereocenters. The van der Waals surface area contributed by atoms with E-state index in [4.69, 9.17) is 5.73 Å². The number of hydrogen-bond donors (Lipinski definition) is 1. The maximum atomic E-state index is 11.5. The lowest BCUT2D eigenvalue weighted by molar-refractivity contribution is -0.131. The summed E-state index contributed by atoms with van der Waals surface area (Å²) in [7, 11) is 0. The largest absolute Gasteiger partial charge is 0.340 e. The molecule has 12 heavy (non-hydrogen) atoms. The van der Waals surface area contributed by atoms with Gasteiger partial charge in [0.1, 0.15) is 0 Å². The predicted molar refractivity (Wildman–Crippen MR) is 48.7 cm³/mol. The number of nitrogens with two attached hydrogens (primary N) is 1. The van der Waals surface area contributed by atoms with Gasteiger partial charge in [-0.3, -0.25) is 4.79 Å². The average Bonchev–Trinajstić information content (AvgIpc) is 2.51. The van der Waals surface area contributed by atoms with Crippen molar-refractivity contribution < 1.29 is 4.79 Å². The average molecular weight is 170 g/mol. The van der Waals surface area contributed by atoms with E-state index in [0.717, 1.165) is 19.4 Å². The van der Waals surface area contributed by atoms with Gasteiger partial charge in [-0.2, -0.15) is 0 Å². The van der Waals surface area contributed by atoms with Crippen LogP contribution >= 0.6 is 0 Å². The van der Waals surface area contributed by atoms with Crippen LogP contribution in [0.5, 0.6) is 0 Å². The van der Waals surface area contributed by atoms with Gasteiger partial charge in [0.25, 0.3) is 0 Å². The van der Waals surface area contributed by atoms with Crippen LogP contribution in [0, 0.1) is 0 Å². The Morgan fingerprint density at radius 1 is 1.67 bits per heavy atom. The zero-order valence-electron chi connectivity index (χ0n) is 7.75. The van der Waals surface area contributed by atoms with E-state index in [1.807, 2.05) is 4.90 Å².